The summed E-state index contributed by atoms with van der Waals surface area (Å²) in [7, 11) is 0. The summed E-state index contributed by atoms with van der Waals surface area (Å²) in [6.07, 6.45) is 2.40. The van der Waals surface area contributed by atoms with Crippen LogP contribution in [0.25, 0.3) is 0 Å². The van der Waals surface area contributed by atoms with E-state index in [1.807, 2.05) is 13.8 Å². The average molecular weight is 497 g/mol. The van der Waals surface area contributed by atoms with Gasteiger partial charge in [-0.2, -0.15) is 0 Å². The van der Waals surface area contributed by atoms with Crippen LogP contribution < -0.4 is 0 Å². The lowest BCUT2D eigenvalue weighted by atomic mass is 9.58. The summed E-state index contributed by atoms with van der Waals surface area (Å²) in [6, 6.07) is 0. The summed E-state index contributed by atoms with van der Waals surface area (Å²) >= 11 is 0. The summed E-state index contributed by atoms with van der Waals surface area (Å²) < 4.78 is 18.4. The van der Waals surface area contributed by atoms with Crippen LogP contribution in [0.3, 0.4) is 0 Å². The van der Waals surface area contributed by atoms with Crippen LogP contribution in [0.1, 0.15) is 59.3 Å². The van der Waals surface area contributed by atoms with Crippen molar-refractivity contribution in [2.45, 2.75) is 83.3 Å². The lowest BCUT2D eigenvalue weighted by Crippen LogP contribution is -2.70. The van der Waals surface area contributed by atoms with Crippen molar-refractivity contribution in [3.05, 3.63) is 0 Å². The standard InChI is InChI=1S/C25H40N2O8/c1-16-4-5-19-17(2)22(32-23-25(19)18(16)8-9-24(3,33-23)34-35-25)31-21(30)7-6-20(29)27-12-10-26(11-13-27)14-15-28/h16-19,22-23,28H,4-15H2,1-3H3/t16-,17-,18-,19-,22-,23-,24-,25-/m1/s1. The van der Waals surface area contributed by atoms with Gasteiger partial charge in [0.05, 0.1) is 13.0 Å². The molecule has 6 aliphatic rings. The third-order valence-corrected chi connectivity index (χ3v) is 9.03. The second-order valence-electron chi connectivity index (χ2n) is 11.2. The molecule has 5 heterocycles. The van der Waals surface area contributed by atoms with Gasteiger partial charge in [0.15, 0.2) is 11.9 Å². The highest BCUT2D eigenvalue weighted by molar-refractivity contribution is 5.81. The predicted molar refractivity (Wildman–Crippen MR) is 122 cm³/mol. The summed E-state index contributed by atoms with van der Waals surface area (Å²) in [4.78, 5) is 41.2. The number of hydrogen-bond donors (Lipinski definition) is 1. The second-order valence-corrected chi connectivity index (χ2v) is 11.2. The molecule has 0 aromatic rings. The minimum atomic E-state index is -0.875. The highest BCUT2D eigenvalue weighted by atomic mass is 17.3. The maximum atomic E-state index is 12.8. The number of carbonyl (C=O) groups excluding carboxylic acids is 2. The van der Waals surface area contributed by atoms with Gasteiger partial charge in [0.25, 0.3) is 0 Å². The van der Waals surface area contributed by atoms with E-state index >= 15 is 0 Å². The zero-order valence-corrected chi connectivity index (χ0v) is 21.1. The van der Waals surface area contributed by atoms with Gasteiger partial charge >= 0.3 is 5.97 Å². The number of aliphatic hydroxyl groups is 1. The average Bonchev–Trinajstić information content (AvgIpc) is 3.07. The maximum Gasteiger partial charge on any atom is 0.308 e. The molecule has 1 N–H and O–H groups in total. The zero-order chi connectivity index (χ0) is 24.8. The Morgan fingerprint density at radius 1 is 1.03 bits per heavy atom. The molecular weight excluding hydrogens is 456 g/mol. The van der Waals surface area contributed by atoms with Crippen molar-refractivity contribution in [1.29, 1.82) is 0 Å². The number of rotatable bonds is 6. The van der Waals surface area contributed by atoms with Crippen LogP contribution in [-0.2, 0) is 33.6 Å². The number of nitrogens with zero attached hydrogens (tertiary/aromatic N) is 2. The van der Waals surface area contributed by atoms with Crippen LogP contribution in [0.4, 0.5) is 0 Å². The molecule has 1 spiro atoms. The zero-order valence-electron chi connectivity index (χ0n) is 21.1. The monoisotopic (exact) mass is 496 g/mol. The third kappa shape index (κ3) is 4.62. The highest BCUT2D eigenvalue weighted by Crippen LogP contribution is 2.60. The Bertz CT molecular complexity index is 804. The Hall–Kier alpha value is -1.30. The van der Waals surface area contributed by atoms with Gasteiger partial charge in [-0.1, -0.05) is 13.8 Å². The fraction of sp³-hybridized carbons (Fsp3) is 0.920. The van der Waals surface area contributed by atoms with Crippen LogP contribution in [0.5, 0.6) is 0 Å². The molecular formula is C25H40N2O8. The number of carbonyl (C=O) groups is 2. The Kier molecular flexibility index (Phi) is 7.15. The number of fused-ring (bicyclic) bond motifs is 2. The number of esters is 1. The van der Waals surface area contributed by atoms with Gasteiger partial charge in [-0.15, -0.1) is 0 Å². The normalized spacial score (nSPS) is 43.4. The van der Waals surface area contributed by atoms with Gasteiger partial charge in [0, 0.05) is 57.4 Å². The van der Waals surface area contributed by atoms with Gasteiger partial charge in [0.1, 0.15) is 0 Å². The summed E-state index contributed by atoms with van der Waals surface area (Å²) in [6.45, 7) is 9.60. The largest absolute Gasteiger partial charge is 0.435 e. The number of aliphatic hydroxyl groups excluding tert-OH is 1. The topological polar surface area (TPSA) is 107 Å². The quantitative estimate of drug-likeness (QED) is 0.434. The molecule has 8 atom stereocenters. The smallest absolute Gasteiger partial charge is 0.308 e. The van der Waals surface area contributed by atoms with Crippen LogP contribution in [0.15, 0.2) is 0 Å². The van der Waals surface area contributed by atoms with Crippen molar-refractivity contribution >= 4 is 11.9 Å². The minimum absolute atomic E-state index is 0.0145. The molecule has 1 saturated carbocycles. The van der Waals surface area contributed by atoms with E-state index in [0.717, 1.165) is 38.8 Å². The molecule has 0 aromatic carbocycles. The van der Waals surface area contributed by atoms with E-state index in [1.165, 1.54) is 0 Å². The summed E-state index contributed by atoms with van der Waals surface area (Å²) in [5, 5.41) is 9.07. The summed E-state index contributed by atoms with van der Waals surface area (Å²) in [5.74, 6) is -0.643. The Balaban J connectivity index is 1.19. The molecule has 1 amide bonds. The molecule has 1 aliphatic carbocycles. The fourth-order valence-corrected chi connectivity index (χ4v) is 6.92. The maximum absolute atomic E-state index is 12.8. The number of piperazine rings is 1. The van der Waals surface area contributed by atoms with Crippen LogP contribution in [-0.4, -0.2) is 90.1 Å². The lowest BCUT2D eigenvalue weighted by molar-refractivity contribution is -0.576. The van der Waals surface area contributed by atoms with E-state index in [4.69, 9.17) is 29.1 Å². The number of hydrogen-bond acceptors (Lipinski definition) is 9. The van der Waals surface area contributed by atoms with Crippen molar-refractivity contribution in [2.75, 3.05) is 39.3 Å². The van der Waals surface area contributed by atoms with Gasteiger partial charge < -0.3 is 24.2 Å². The Morgan fingerprint density at radius 3 is 2.54 bits per heavy atom. The number of amides is 1. The highest BCUT2D eigenvalue weighted by Gasteiger charge is 2.69. The molecule has 0 aromatic heterocycles. The Morgan fingerprint density at radius 2 is 1.80 bits per heavy atom. The first-order valence-electron chi connectivity index (χ1n) is 13.3. The number of β-amino-alcohol motifs (C(OH)–C–C–N with tert-alkyl or cyclic N) is 1. The molecule has 0 unspecified atom stereocenters. The second kappa shape index (κ2) is 9.87. The molecule has 35 heavy (non-hydrogen) atoms. The molecule has 0 radical (unpaired) electrons. The van der Waals surface area contributed by atoms with E-state index in [1.54, 1.807) is 4.90 Å². The first-order chi connectivity index (χ1) is 16.8. The molecule has 10 heteroatoms. The Labute approximate surface area is 207 Å². The van der Waals surface area contributed by atoms with Crippen molar-refractivity contribution in [2.24, 2.45) is 23.7 Å². The SMILES string of the molecule is C[C@H]1[C@H](OC(=O)CCC(=O)N2CCN(CCO)CC2)O[C@@H]2O[C@@]3(C)CC[C@@H]4[C@H](C)CC[C@H]1[C@@]24OO3. The lowest BCUT2D eigenvalue weighted by Gasteiger charge is -2.59. The molecule has 6 fully saturated rings. The molecule has 5 saturated heterocycles. The van der Waals surface area contributed by atoms with Gasteiger partial charge in [0.2, 0.25) is 18.0 Å². The predicted octanol–water partition coefficient (Wildman–Crippen LogP) is 1.65. The number of ether oxygens (including phenoxy) is 3. The van der Waals surface area contributed by atoms with E-state index in [9.17, 15) is 9.59 Å². The molecule has 198 valence electrons. The van der Waals surface area contributed by atoms with Crippen molar-refractivity contribution in [3.63, 3.8) is 0 Å². The van der Waals surface area contributed by atoms with E-state index < -0.39 is 29.9 Å². The van der Waals surface area contributed by atoms with Crippen molar-refractivity contribution in [1.82, 2.24) is 9.80 Å². The minimum Gasteiger partial charge on any atom is -0.435 e. The molecule has 2 bridgehead atoms. The van der Waals surface area contributed by atoms with Crippen molar-refractivity contribution in [3.8, 4) is 0 Å². The fourth-order valence-electron chi connectivity index (χ4n) is 6.92. The van der Waals surface area contributed by atoms with Crippen LogP contribution >= 0.6 is 0 Å². The van der Waals surface area contributed by atoms with E-state index in [2.05, 4.69) is 11.8 Å². The van der Waals surface area contributed by atoms with E-state index in [-0.39, 0.29) is 43.1 Å². The molecule has 6 rings (SSSR count). The van der Waals surface area contributed by atoms with Gasteiger partial charge in [-0.25, -0.2) is 9.78 Å². The molecule has 10 nitrogen and oxygen atoms in total. The summed E-state index contributed by atoms with van der Waals surface area (Å²) in [5.41, 5.74) is -0.690. The van der Waals surface area contributed by atoms with Gasteiger partial charge in [-0.3, -0.25) is 14.5 Å². The van der Waals surface area contributed by atoms with Crippen molar-refractivity contribution < 1.29 is 38.7 Å². The first kappa shape index (κ1) is 25.4. The molecule has 5 aliphatic heterocycles. The third-order valence-electron chi connectivity index (χ3n) is 9.03. The van der Waals surface area contributed by atoms with E-state index in [0.29, 0.717) is 25.6 Å². The van der Waals surface area contributed by atoms with Crippen LogP contribution in [0.2, 0.25) is 0 Å². The van der Waals surface area contributed by atoms with Gasteiger partial charge in [-0.05, 0) is 38.0 Å². The van der Waals surface area contributed by atoms with Crippen LogP contribution in [0, 0.1) is 23.7 Å². The first-order valence-corrected chi connectivity index (χ1v) is 13.3.